The van der Waals surface area contributed by atoms with Gasteiger partial charge in [-0.15, -0.1) is 0 Å². The largest absolute Gasteiger partial charge is 0.481 e. The van der Waals surface area contributed by atoms with Crippen LogP contribution in [0, 0.1) is 5.92 Å². The molecular weight excluding hydrogens is 310 g/mol. The van der Waals surface area contributed by atoms with E-state index < -0.39 is 0 Å². The van der Waals surface area contributed by atoms with Crippen LogP contribution in [0.4, 0.5) is 5.69 Å². The number of ether oxygens (including phenoxy) is 1. The summed E-state index contributed by atoms with van der Waals surface area (Å²) < 4.78 is 10.1. The van der Waals surface area contributed by atoms with E-state index in [1.165, 1.54) is 13.4 Å². The number of rotatable bonds is 4. The SMILES string of the molecule is COc1ccc(NC(=O)C2CCCN(C(=O)c3ccco3)C2)cn1. The predicted molar refractivity (Wildman–Crippen MR) is 86.8 cm³/mol. The first kappa shape index (κ1) is 16.0. The number of nitrogens with zero attached hydrogens (tertiary/aromatic N) is 2. The second-order valence-electron chi connectivity index (χ2n) is 5.65. The Labute approximate surface area is 139 Å². The van der Waals surface area contributed by atoms with Gasteiger partial charge in [0.15, 0.2) is 5.76 Å². The summed E-state index contributed by atoms with van der Waals surface area (Å²) in [6.07, 6.45) is 4.55. The van der Waals surface area contributed by atoms with E-state index in [0.717, 1.165) is 12.8 Å². The molecule has 2 aromatic heterocycles. The maximum absolute atomic E-state index is 12.4. The third-order valence-electron chi connectivity index (χ3n) is 4.02. The minimum Gasteiger partial charge on any atom is -0.481 e. The van der Waals surface area contributed by atoms with Crippen molar-refractivity contribution in [3.8, 4) is 5.88 Å². The molecule has 0 bridgehead atoms. The molecule has 3 rings (SSSR count). The van der Waals surface area contributed by atoms with Crippen molar-refractivity contribution >= 4 is 17.5 Å². The molecule has 1 fully saturated rings. The molecular formula is C17H19N3O4. The molecule has 2 amide bonds. The molecule has 7 heteroatoms. The van der Waals surface area contributed by atoms with E-state index in [2.05, 4.69) is 10.3 Å². The Bertz CT molecular complexity index is 697. The molecule has 2 aromatic rings. The minimum atomic E-state index is -0.250. The number of methoxy groups -OCH3 is 1. The molecule has 1 aliphatic heterocycles. The van der Waals surface area contributed by atoms with Gasteiger partial charge in [0, 0.05) is 19.2 Å². The average molecular weight is 329 g/mol. The fourth-order valence-electron chi connectivity index (χ4n) is 2.75. The third-order valence-corrected chi connectivity index (χ3v) is 4.02. The van der Waals surface area contributed by atoms with Gasteiger partial charge in [0.2, 0.25) is 11.8 Å². The van der Waals surface area contributed by atoms with Gasteiger partial charge in [-0.25, -0.2) is 4.98 Å². The van der Waals surface area contributed by atoms with Gasteiger partial charge in [0.1, 0.15) is 0 Å². The van der Waals surface area contributed by atoms with Crippen LogP contribution in [0.1, 0.15) is 23.4 Å². The summed E-state index contributed by atoms with van der Waals surface area (Å²) >= 11 is 0. The van der Waals surface area contributed by atoms with Gasteiger partial charge in [0.25, 0.3) is 5.91 Å². The zero-order chi connectivity index (χ0) is 16.9. The smallest absolute Gasteiger partial charge is 0.289 e. The van der Waals surface area contributed by atoms with Crippen molar-refractivity contribution in [2.75, 3.05) is 25.5 Å². The van der Waals surface area contributed by atoms with E-state index in [-0.39, 0.29) is 17.7 Å². The van der Waals surface area contributed by atoms with Gasteiger partial charge >= 0.3 is 0 Å². The Morgan fingerprint density at radius 2 is 2.25 bits per heavy atom. The lowest BCUT2D eigenvalue weighted by Crippen LogP contribution is -2.43. The maximum Gasteiger partial charge on any atom is 0.289 e. The van der Waals surface area contributed by atoms with Crippen molar-refractivity contribution < 1.29 is 18.7 Å². The standard InChI is InChI=1S/C17H19N3O4/c1-23-15-7-6-13(10-18-15)19-16(21)12-4-2-8-20(11-12)17(22)14-5-3-9-24-14/h3,5-7,9-10,12H,2,4,8,11H2,1H3,(H,19,21). The number of amides is 2. The lowest BCUT2D eigenvalue weighted by molar-refractivity contribution is -0.121. The van der Waals surface area contributed by atoms with E-state index in [1.54, 1.807) is 35.4 Å². The number of piperidine rings is 1. The second kappa shape index (κ2) is 7.16. The second-order valence-corrected chi connectivity index (χ2v) is 5.65. The van der Waals surface area contributed by atoms with Crippen molar-refractivity contribution in [1.82, 2.24) is 9.88 Å². The van der Waals surface area contributed by atoms with Gasteiger partial charge in [-0.05, 0) is 31.0 Å². The minimum absolute atomic E-state index is 0.112. The van der Waals surface area contributed by atoms with Crippen LogP contribution in [0.25, 0.3) is 0 Å². The number of nitrogens with one attached hydrogen (secondary N) is 1. The summed E-state index contributed by atoms with van der Waals surface area (Å²) in [6.45, 7) is 1.02. The molecule has 1 atom stereocenters. The first-order valence-electron chi connectivity index (χ1n) is 7.81. The van der Waals surface area contributed by atoms with Crippen LogP contribution < -0.4 is 10.1 Å². The molecule has 0 aromatic carbocycles. The predicted octanol–water partition coefficient (Wildman–Crippen LogP) is 2.17. The van der Waals surface area contributed by atoms with Gasteiger partial charge in [-0.1, -0.05) is 0 Å². The lowest BCUT2D eigenvalue weighted by atomic mass is 9.97. The Hall–Kier alpha value is -2.83. The normalized spacial score (nSPS) is 17.4. The molecule has 1 saturated heterocycles. The molecule has 1 unspecified atom stereocenters. The molecule has 0 radical (unpaired) electrons. The highest BCUT2D eigenvalue weighted by Gasteiger charge is 2.29. The molecule has 126 valence electrons. The van der Waals surface area contributed by atoms with E-state index in [4.69, 9.17) is 9.15 Å². The fraction of sp³-hybridized carbons (Fsp3) is 0.353. The number of likely N-dealkylation sites (tertiary alicyclic amines) is 1. The quantitative estimate of drug-likeness (QED) is 0.929. The lowest BCUT2D eigenvalue weighted by Gasteiger charge is -2.31. The molecule has 0 aliphatic carbocycles. The van der Waals surface area contributed by atoms with Crippen LogP contribution >= 0.6 is 0 Å². The third kappa shape index (κ3) is 3.56. The summed E-state index contributed by atoms with van der Waals surface area (Å²) in [5, 5.41) is 2.84. The summed E-state index contributed by atoms with van der Waals surface area (Å²) in [4.78, 5) is 30.5. The maximum atomic E-state index is 12.4. The first-order chi connectivity index (χ1) is 11.7. The van der Waals surface area contributed by atoms with Gasteiger partial charge in [-0.2, -0.15) is 0 Å². The van der Waals surface area contributed by atoms with Crippen molar-refractivity contribution in [1.29, 1.82) is 0 Å². The highest BCUT2D eigenvalue weighted by Crippen LogP contribution is 2.21. The summed E-state index contributed by atoms with van der Waals surface area (Å²) in [6, 6.07) is 6.73. The number of carbonyl (C=O) groups excluding carboxylic acids is 2. The number of furan rings is 1. The Morgan fingerprint density at radius 3 is 2.92 bits per heavy atom. The molecule has 24 heavy (non-hydrogen) atoms. The van der Waals surface area contributed by atoms with Crippen molar-refractivity contribution in [2.24, 2.45) is 5.92 Å². The van der Waals surface area contributed by atoms with E-state index in [9.17, 15) is 9.59 Å². The van der Waals surface area contributed by atoms with Crippen LogP contribution in [-0.2, 0) is 4.79 Å². The van der Waals surface area contributed by atoms with Crippen molar-refractivity contribution in [3.63, 3.8) is 0 Å². The Morgan fingerprint density at radius 1 is 1.38 bits per heavy atom. The van der Waals surface area contributed by atoms with Crippen LogP contribution in [-0.4, -0.2) is 41.9 Å². The number of pyridine rings is 1. The molecule has 7 nitrogen and oxygen atoms in total. The van der Waals surface area contributed by atoms with Crippen LogP contribution in [0.5, 0.6) is 5.88 Å². The molecule has 0 spiro atoms. The van der Waals surface area contributed by atoms with Gasteiger partial charge < -0.3 is 19.4 Å². The topological polar surface area (TPSA) is 84.7 Å². The Kier molecular flexibility index (Phi) is 4.79. The van der Waals surface area contributed by atoms with E-state index >= 15 is 0 Å². The number of anilines is 1. The highest BCUT2D eigenvalue weighted by molar-refractivity contribution is 5.94. The van der Waals surface area contributed by atoms with E-state index in [1.807, 2.05) is 0 Å². The first-order valence-corrected chi connectivity index (χ1v) is 7.81. The summed E-state index contributed by atoms with van der Waals surface area (Å²) in [7, 11) is 1.53. The fourth-order valence-corrected chi connectivity index (χ4v) is 2.75. The Balaban J connectivity index is 1.61. The highest BCUT2D eigenvalue weighted by atomic mass is 16.5. The number of aromatic nitrogens is 1. The zero-order valence-electron chi connectivity index (χ0n) is 13.4. The molecule has 1 N–H and O–H groups in total. The van der Waals surface area contributed by atoms with Gasteiger partial charge in [-0.3, -0.25) is 9.59 Å². The summed E-state index contributed by atoms with van der Waals surface area (Å²) in [5.41, 5.74) is 0.607. The summed E-state index contributed by atoms with van der Waals surface area (Å²) in [5.74, 6) is 0.249. The van der Waals surface area contributed by atoms with E-state index in [0.29, 0.717) is 30.4 Å². The van der Waals surface area contributed by atoms with Gasteiger partial charge in [0.05, 0.1) is 31.2 Å². The average Bonchev–Trinajstić information content (AvgIpc) is 3.16. The van der Waals surface area contributed by atoms with Crippen LogP contribution in [0.2, 0.25) is 0 Å². The number of carbonyl (C=O) groups is 2. The van der Waals surface area contributed by atoms with Crippen molar-refractivity contribution in [2.45, 2.75) is 12.8 Å². The number of hydrogen-bond donors (Lipinski definition) is 1. The molecule has 1 aliphatic rings. The monoisotopic (exact) mass is 329 g/mol. The zero-order valence-corrected chi connectivity index (χ0v) is 13.4. The molecule has 3 heterocycles. The van der Waals surface area contributed by atoms with Crippen molar-refractivity contribution in [3.05, 3.63) is 42.5 Å². The van der Waals surface area contributed by atoms with Crippen LogP contribution in [0.15, 0.2) is 41.1 Å². The molecule has 0 saturated carbocycles. The number of hydrogen-bond acceptors (Lipinski definition) is 5. The van der Waals surface area contributed by atoms with Crippen LogP contribution in [0.3, 0.4) is 0 Å².